The van der Waals surface area contributed by atoms with Crippen molar-refractivity contribution in [1.82, 2.24) is 0 Å². The second kappa shape index (κ2) is 10.4. The van der Waals surface area contributed by atoms with Gasteiger partial charge in [-0.15, -0.1) is 0 Å². The topological polar surface area (TPSA) is 63.6 Å². The van der Waals surface area contributed by atoms with Crippen LogP contribution in [0.15, 0.2) is 23.8 Å². The van der Waals surface area contributed by atoms with E-state index in [2.05, 4.69) is 52.8 Å². The van der Waals surface area contributed by atoms with Crippen molar-refractivity contribution in [3.05, 3.63) is 23.8 Å². The Morgan fingerprint density at radius 1 is 1.11 bits per heavy atom. The fourth-order valence-electron chi connectivity index (χ4n) is 8.56. The van der Waals surface area contributed by atoms with Gasteiger partial charge >= 0.3 is 11.9 Å². The van der Waals surface area contributed by atoms with Gasteiger partial charge in [-0.1, -0.05) is 77.7 Å². The van der Waals surface area contributed by atoms with Gasteiger partial charge in [0.25, 0.3) is 0 Å². The van der Waals surface area contributed by atoms with Crippen LogP contribution in [0.4, 0.5) is 0 Å². The van der Waals surface area contributed by atoms with E-state index in [9.17, 15) is 9.59 Å². The molecule has 2 fully saturated rings. The lowest BCUT2D eigenvalue weighted by atomic mass is 9.49. The maximum atomic E-state index is 12.1. The Labute approximate surface area is 213 Å². The lowest BCUT2D eigenvalue weighted by Gasteiger charge is -2.55. The Balaban J connectivity index is 1.42. The molecule has 2 saturated carbocycles. The molecule has 0 heterocycles. The van der Waals surface area contributed by atoms with Gasteiger partial charge in [0.2, 0.25) is 0 Å². The molecule has 1 N–H and O–H groups in total. The van der Waals surface area contributed by atoms with E-state index < -0.39 is 5.97 Å². The molecule has 35 heavy (non-hydrogen) atoms. The van der Waals surface area contributed by atoms with E-state index in [0.29, 0.717) is 11.3 Å². The van der Waals surface area contributed by atoms with Crippen LogP contribution in [0.1, 0.15) is 105 Å². The normalized spacial score (nSPS) is 38.8. The highest BCUT2D eigenvalue weighted by Gasteiger charge is 2.57. The zero-order valence-corrected chi connectivity index (χ0v) is 22.7. The SMILES string of the molecule is CC(C)CCC[C@@H](C)[C@H]1CC[C@H]2[C@@H]3CC=C4C[C@@H](OC(=O)CCC(=O)O)CC[C@]4(C)[C@H]3C=C[C@]12C. The number of carbonyl (C=O) groups is 2. The summed E-state index contributed by atoms with van der Waals surface area (Å²) in [5.74, 6) is 3.16. The van der Waals surface area contributed by atoms with Crippen LogP contribution in [0.3, 0.4) is 0 Å². The van der Waals surface area contributed by atoms with Gasteiger partial charge in [-0.3, -0.25) is 9.59 Å². The van der Waals surface area contributed by atoms with Crippen molar-refractivity contribution in [2.75, 3.05) is 0 Å². The van der Waals surface area contributed by atoms with E-state index in [1.54, 1.807) is 0 Å². The first-order valence-corrected chi connectivity index (χ1v) is 14.3. The summed E-state index contributed by atoms with van der Waals surface area (Å²) in [6.07, 6.45) is 18.1. The summed E-state index contributed by atoms with van der Waals surface area (Å²) >= 11 is 0. The van der Waals surface area contributed by atoms with Gasteiger partial charge < -0.3 is 9.84 Å². The largest absolute Gasteiger partial charge is 0.481 e. The van der Waals surface area contributed by atoms with Gasteiger partial charge in [0.15, 0.2) is 0 Å². The molecule has 0 aromatic carbocycles. The lowest BCUT2D eigenvalue weighted by molar-refractivity contribution is -0.153. The van der Waals surface area contributed by atoms with Gasteiger partial charge in [0.1, 0.15) is 6.10 Å². The number of carboxylic acids is 1. The van der Waals surface area contributed by atoms with Crippen LogP contribution in [0.25, 0.3) is 0 Å². The number of carbonyl (C=O) groups excluding carboxylic acids is 1. The number of hydrogen-bond donors (Lipinski definition) is 1. The average Bonchev–Trinajstić information content (AvgIpc) is 3.15. The number of hydrogen-bond acceptors (Lipinski definition) is 3. The first-order valence-electron chi connectivity index (χ1n) is 14.3. The standard InChI is InChI=1S/C31H48O4/c1-20(2)7-6-8-21(3)25-11-12-26-24-10-9-22-19-23(35-29(34)14-13-28(32)33)15-17-30(22,4)27(24)16-18-31(25,26)5/h9,16,18,20-21,23-27H,6-8,10-15,17,19H2,1-5H3,(H,32,33)/t21-,23+,24+,25-,26+,27+,30+,31-/m1/s1. The first-order chi connectivity index (χ1) is 16.5. The molecule has 4 aliphatic carbocycles. The third-order valence-electron chi connectivity index (χ3n) is 10.5. The molecule has 0 radical (unpaired) electrons. The van der Waals surface area contributed by atoms with E-state index in [-0.39, 0.29) is 30.3 Å². The zero-order valence-electron chi connectivity index (χ0n) is 22.7. The van der Waals surface area contributed by atoms with Crippen LogP contribution in [-0.4, -0.2) is 23.1 Å². The highest BCUT2D eigenvalue weighted by molar-refractivity contribution is 5.76. The first kappa shape index (κ1) is 26.5. The fourth-order valence-corrected chi connectivity index (χ4v) is 8.56. The summed E-state index contributed by atoms with van der Waals surface area (Å²) in [4.78, 5) is 22.9. The molecule has 4 rings (SSSR count). The van der Waals surface area contributed by atoms with Gasteiger partial charge in [-0.25, -0.2) is 0 Å². The Bertz CT molecular complexity index is 856. The third-order valence-corrected chi connectivity index (χ3v) is 10.5. The number of allylic oxidation sites excluding steroid dienone is 3. The smallest absolute Gasteiger partial charge is 0.306 e. The van der Waals surface area contributed by atoms with Crippen molar-refractivity contribution in [2.45, 2.75) is 111 Å². The second-order valence-electron chi connectivity index (χ2n) is 13.1. The minimum atomic E-state index is -0.950. The summed E-state index contributed by atoms with van der Waals surface area (Å²) < 4.78 is 5.68. The molecule has 4 nitrogen and oxygen atoms in total. The molecule has 0 amide bonds. The predicted octanol–water partition coefficient (Wildman–Crippen LogP) is 7.58. The van der Waals surface area contributed by atoms with E-state index in [1.165, 1.54) is 37.7 Å². The Morgan fingerprint density at radius 3 is 2.60 bits per heavy atom. The highest BCUT2D eigenvalue weighted by atomic mass is 16.5. The van der Waals surface area contributed by atoms with Crippen molar-refractivity contribution in [1.29, 1.82) is 0 Å². The molecule has 0 aromatic rings. The fraction of sp³-hybridized carbons (Fsp3) is 0.806. The molecule has 0 aromatic heterocycles. The van der Waals surface area contributed by atoms with Crippen LogP contribution in [0.2, 0.25) is 0 Å². The summed E-state index contributed by atoms with van der Waals surface area (Å²) in [5, 5.41) is 8.83. The molecule has 196 valence electrons. The predicted molar refractivity (Wildman–Crippen MR) is 140 cm³/mol. The molecule has 8 atom stereocenters. The molecule has 0 aliphatic heterocycles. The molecular weight excluding hydrogens is 436 g/mol. The lowest BCUT2D eigenvalue weighted by Crippen LogP contribution is -2.48. The molecule has 0 saturated heterocycles. The van der Waals surface area contributed by atoms with E-state index in [4.69, 9.17) is 9.84 Å². The van der Waals surface area contributed by atoms with Crippen molar-refractivity contribution in [2.24, 2.45) is 46.3 Å². The molecule has 0 spiro atoms. The number of rotatable bonds is 9. The zero-order chi connectivity index (χ0) is 25.4. The second-order valence-corrected chi connectivity index (χ2v) is 13.1. The summed E-state index contributed by atoms with van der Waals surface area (Å²) in [5.41, 5.74) is 1.95. The van der Waals surface area contributed by atoms with Crippen LogP contribution in [0.5, 0.6) is 0 Å². The van der Waals surface area contributed by atoms with Crippen molar-refractivity contribution >= 4 is 11.9 Å². The minimum Gasteiger partial charge on any atom is -0.481 e. The highest BCUT2D eigenvalue weighted by Crippen LogP contribution is 2.65. The van der Waals surface area contributed by atoms with Gasteiger partial charge in [-0.2, -0.15) is 0 Å². The quantitative estimate of drug-likeness (QED) is 0.271. The van der Waals surface area contributed by atoms with Crippen LogP contribution in [-0.2, 0) is 14.3 Å². The van der Waals surface area contributed by atoms with Crippen LogP contribution >= 0.6 is 0 Å². The van der Waals surface area contributed by atoms with Crippen LogP contribution < -0.4 is 0 Å². The van der Waals surface area contributed by atoms with E-state index >= 15 is 0 Å². The summed E-state index contributed by atoms with van der Waals surface area (Å²) in [7, 11) is 0. The van der Waals surface area contributed by atoms with Crippen LogP contribution in [0, 0.1) is 46.3 Å². The minimum absolute atomic E-state index is 0.0348. The summed E-state index contributed by atoms with van der Waals surface area (Å²) in [6.45, 7) is 12.2. The molecule has 0 bridgehead atoms. The monoisotopic (exact) mass is 484 g/mol. The molecule has 4 aliphatic rings. The van der Waals surface area contributed by atoms with Crippen molar-refractivity contribution < 1.29 is 19.4 Å². The maximum Gasteiger partial charge on any atom is 0.306 e. The molecule has 0 unspecified atom stereocenters. The number of aliphatic carboxylic acids is 1. The number of fused-ring (bicyclic) bond motifs is 5. The summed E-state index contributed by atoms with van der Waals surface area (Å²) in [6, 6.07) is 0. The Kier molecular flexibility index (Phi) is 7.88. The number of carboxylic acid groups (broad SMARTS) is 1. The third kappa shape index (κ3) is 5.27. The number of ether oxygens (including phenoxy) is 1. The van der Waals surface area contributed by atoms with E-state index in [1.807, 2.05) is 0 Å². The van der Waals surface area contributed by atoms with Gasteiger partial charge in [0, 0.05) is 6.42 Å². The van der Waals surface area contributed by atoms with Crippen molar-refractivity contribution in [3.63, 3.8) is 0 Å². The Morgan fingerprint density at radius 2 is 1.89 bits per heavy atom. The Hall–Kier alpha value is -1.58. The molecular formula is C31H48O4. The van der Waals surface area contributed by atoms with Gasteiger partial charge in [0.05, 0.1) is 12.8 Å². The number of esters is 1. The van der Waals surface area contributed by atoms with Gasteiger partial charge in [-0.05, 0) is 78.4 Å². The van der Waals surface area contributed by atoms with Crippen molar-refractivity contribution in [3.8, 4) is 0 Å². The van der Waals surface area contributed by atoms with E-state index in [0.717, 1.165) is 55.3 Å². The average molecular weight is 485 g/mol. The molecule has 4 heteroatoms. The maximum absolute atomic E-state index is 12.1.